The zero-order valence-corrected chi connectivity index (χ0v) is 13.4. The van der Waals surface area contributed by atoms with Crippen LogP contribution in [0.2, 0.25) is 0 Å². The summed E-state index contributed by atoms with van der Waals surface area (Å²) in [5, 5.41) is 0. The number of hydrogen-bond acceptors (Lipinski definition) is 2. The van der Waals surface area contributed by atoms with Gasteiger partial charge in [0, 0.05) is 13.2 Å². The molecule has 2 rings (SSSR count). The number of methoxy groups -OCH3 is 1. The van der Waals surface area contributed by atoms with Crippen molar-refractivity contribution in [1.29, 1.82) is 0 Å². The standard InChI is InChI=1S/C17H24F3NO/c1-21(2)15-10-14(7-8-16(15)22-3)13-6-4-5-12(9-13)11-17(18,19)20/h4-6,9,14-16H,7-8,10-11H2,1-3H3/t14-,15-,16-/m0/s1. The monoisotopic (exact) mass is 315 g/mol. The summed E-state index contributed by atoms with van der Waals surface area (Å²) in [4.78, 5) is 2.15. The number of hydrogen-bond donors (Lipinski definition) is 0. The number of rotatable bonds is 4. The molecule has 0 spiro atoms. The Hall–Kier alpha value is -1.07. The van der Waals surface area contributed by atoms with E-state index in [2.05, 4.69) is 4.90 Å². The molecule has 5 heteroatoms. The molecule has 1 aliphatic carbocycles. The fourth-order valence-corrected chi connectivity index (χ4v) is 3.43. The van der Waals surface area contributed by atoms with Gasteiger partial charge in [-0.1, -0.05) is 24.3 Å². The van der Waals surface area contributed by atoms with E-state index < -0.39 is 12.6 Å². The second-order valence-corrected chi connectivity index (χ2v) is 6.35. The van der Waals surface area contributed by atoms with Gasteiger partial charge in [0.2, 0.25) is 0 Å². The SMILES string of the molecule is CO[C@H]1CC[C@H](c2cccc(CC(F)(F)F)c2)C[C@@H]1N(C)C. The molecule has 124 valence electrons. The predicted molar refractivity (Wildman–Crippen MR) is 81.1 cm³/mol. The van der Waals surface area contributed by atoms with Gasteiger partial charge in [0.15, 0.2) is 0 Å². The molecular weight excluding hydrogens is 291 g/mol. The van der Waals surface area contributed by atoms with Crippen molar-refractivity contribution < 1.29 is 17.9 Å². The van der Waals surface area contributed by atoms with Crippen LogP contribution in [0, 0.1) is 0 Å². The molecule has 1 aliphatic rings. The van der Waals surface area contributed by atoms with Crippen LogP contribution in [0.5, 0.6) is 0 Å². The van der Waals surface area contributed by atoms with Crippen molar-refractivity contribution >= 4 is 0 Å². The van der Waals surface area contributed by atoms with Gasteiger partial charge >= 0.3 is 6.18 Å². The molecule has 1 saturated carbocycles. The van der Waals surface area contributed by atoms with Gasteiger partial charge in [-0.25, -0.2) is 0 Å². The summed E-state index contributed by atoms with van der Waals surface area (Å²) in [5.41, 5.74) is 1.36. The van der Waals surface area contributed by atoms with E-state index in [1.807, 2.05) is 20.2 Å². The molecule has 0 saturated heterocycles. The van der Waals surface area contributed by atoms with Gasteiger partial charge in [0.25, 0.3) is 0 Å². The minimum Gasteiger partial charge on any atom is -0.380 e. The highest BCUT2D eigenvalue weighted by molar-refractivity contribution is 5.28. The highest BCUT2D eigenvalue weighted by atomic mass is 19.4. The van der Waals surface area contributed by atoms with E-state index in [1.54, 1.807) is 25.3 Å². The van der Waals surface area contributed by atoms with Gasteiger partial charge in [-0.05, 0) is 50.4 Å². The van der Waals surface area contributed by atoms with E-state index in [1.165, 1.54) is 0 Å². The fraction of sp³-hybridized carbons (Fsp3) is 0.647. The summed E-state index contributed by atoms with van der Waals surface area (Å²) in [7, 11) is 5.78. The Morgan fingerprint density at radius 1 is 1.23 bits per heavy atom. The van der Waals surface area contributed by atoms with Crippen LogP contribution in [0.3, 0.4) is 0 Å². The van der Waals surface area contributed by atoms with Crippen molar-refractivity contribution in [2.24, 2.45) is 0 Å². The lowest BCUT2D eigenvalue weighted by atomic mass is 9.79. The Kier molecular flexibility index (Phi) is 5.50. The highest BCUT2D eigenvalue weighted by Crippen LogP contribution is 2.36. The van der Waals surface area contributed by atoms with E-state index >= 15 is 0 Å². The Morgan fingerprint density at radius 3 is 2.55 bits per heavy atom. The second kappa shape index (κ2) is 7.01. The van der Waals surface area contributed by atoms with Crippen LogP contribution in [0.4, 0.5) is 13.2 Å². The lowest BCUT2D eigenvalue weighted by Gasteiger charge is -2.39. The van der Waals surface area contributed by atoms with E-state index in [9.17, 15) is 13.2 Å². The first-order chi connectivity index (χ1) is 10.3. The van der Waals surface area contributed by atoms with Crippen LogP contribution >= 0.6 is 0 Å². The third-order valence-corrected chi connectivity index (χ3v) is 4.55. The average molecular weight is 315 g/mol. The molecule has 22 heavy (non-hydrogen) atoms. The second-order valence-electron chi connectivity index (χ2n) is 6.35. The third kappa shape index (κ3) is 4.46. The number of benzene rings is 1. The van der Waals surface area contributed by atoms with Crippen LogP contribution in [0.15, 0.2) is 24.3 Å². The van der Waals surface area contributed by atoms with Crippen LogP contribution in [0.1, 0.15) is 36.3 Å². The Labute approximate surface area is 130 Å². The number of ether oxygens (including phenoxy) is 1. The van der Waals surface area contributed by atoms with Gasteiger partial charge < -0.3 is 9.64 Å². The number of alkyl halides is 3. The number of nitrogens with zero attached hydrogens (tertiary/aromatic N) is 1. The maximum atomic E-state index is 12.6. The van der Waals surface area contributed by atoms with Crippen LogP contribution in [-0.4, -0.2) is 44.4 Å². The molecule has 3 atom stereocenters. The maximum Gasteiger partial charge on any atom is 0.393 e. The summed E-state index contributed by atoms with van der Waals surface area (Å²) in [6.07, 6.45) is -2.00. The van der Waals surface area contributed by atoms with E-state index in [0.29, 0.717) is 17.5 Å². The predicted octanol–water partition coefficient (Wildman–Crippen LogP) is 4.00. The van der Waals surface area contributed by atoms with Crippen molar-refractivity contribution in [3.63, 3.8) is 0 Å². The zero-order chi connectivity index (χ0) is 16.3. The topological polar surface area (TPSA) is 12.5 Å². The van der Waals surface area contributed by atoms with Gasteiger partial charge in [-0.2, -0.15) is 13.2 Å². The normalized spacial score (nSPS) is 26.4. The number of likely N-dealkylation sites (N-methyl/N-ethyl adjacent to an activating group) is 1. The van der Waals surface area contributed by atoms with Crippen molar-refractivity contribution in [2.45, 2.75) is 49.9 Å². The van der Waals surface area contributed by atoms with Crippen LogP contribution < -0.4 is 0 Å². The summed E-state index contributed by atoms with van der Waals surface area (Å²) in [6.45, 7) is 0. The molecule has 0 bridgehead atoms. The average Bonchev–Trinajstić information content (AvgIpc) is 2.45. The largest absolute Gasteiger partial charge is 0.393 e. The van der Waals surface area contributed by atoms with Gasteiger partial charge in [-0.15, -0.1) is 0 Å². The highest BCUT2D eigenvalue weighted by Gasteiger charge is 2.33. The van der Waals surface area contributed by atoms with Gasteiger partial charge in [0.1, 0.15) is 0 Å². The number of halogens is 3. The smallest absolute Gasteiger partial charge is 0.380 e. The maximum absolute atomic E-state index is 12.6. The summed E-state index contributed by atoms with van der Waals surface area (Å²) in [5.74, 6) is 0.298. The summed E-state index contributed by atoms with van der Waals surface area (Å²) in [6, 6.07) is 7.27. The molecule has 0 unspecified atom stereocenters. The first kappa shape index (κ1) is 17.3. The van der Waals surface area contributed by atoms with Crippen LogP contribution in [0.25, 0.3) is 0 Å². The summed E-state index contributed by atoms with van der Waals surface area (Å²) < 4.78 is 43.2. The van der Waals surface area contributed by atoms with Crippen molar-refractivity contribution in [3.05, 3.63) is 35.4 Å². The Morgan fingerprint density at radius 2 is 1.95 bits per heavy atom. The fourth-order valence-electron chi connectivity index (χ4n) is 3.43. The minimum atomic E-state index is -4.15. The lowest BCUT2D eigenvalue weighted by Crippen LogP contribution is -2.44. The molecule has 0 aliphatic heterocycles. The first-order valence-corrected chi connectivity index (χ1v) is 7.65. The van der Waals surface area contributed by atoms with E-state index in [-0.39, 0.29) is 6.10 Å². The molecule has 1 aromatic rings. The van der Waals surface area contributed by atoms with E-state index in [4.69, 9.17) is 4.74 Å². The van der Waals surface area contributed by atoms with Crippen molar-refractivity contribution in [3.8, 4) is 0 Å². The zero-order valence-electron chi connectivity index (χ0n) is 13.4. The van der Waals surface area contributed by atoms with Crippen LogP contribution in [-0.2, 0) is 11.2 Å². The Bertz CT molecular complexity index is 487. The Balaban J connectivity index is 2.13. The molecule has 0 aromatic heterocycles. The minimum absolute atomic E-state index is 0.199. The molecule has 1 fully saturated rings. The molecule has 0 amide bonds. The molecule has 2 nitrogen and oxygen atoms in total. The van der Waals surface area contributed by atoms with Gasteiger partial charge in [0.05, 0.1) is 12.5 Å². The quantitative estimate of drug-likeness (QED) is 0.832. The van der Waals surface area contributed by atoms with E-state index in [0.717, 1.165) is 24.8 Å². The summed E-state index contributed by atoms with van der Waals surface area (Å²) >= 11 is 0. The molecule has 0 radical (unpaired) electrons. The molecule has 0 N–H and O–H groups in total. The molecular formula is C17H24F3NO. The van der Waals surface area contributed by atoms with Crippen molar-refractivity contribution in [2.75, 3.05) is 21.2 Å². The molecule has 1 aromatic carbocycles. The first-order valence-electron chi connectivity index (χ1n) is 7.65. The van der Waals surface area contributed by atoms with Crippen molar-refractivity contribution in [1.82, 2.24) is 4.90 Å². The molecule has 0 heterocycles. The van der Waals surface area contributed by atoms with Gasteiger partial charge in [-0.3, -0.25) is 0 Å². The lowest BCUT2D eigenvalue weighted by molar-refractivity contribution is -0.127. The third-order valence-electron chi connectivity index (χ3n) is 4.55.